The van der Waals surface area contributed by atoms with E-state index in [1.165, 1.54) is 38.8 Å². The maximum Gasteiger partial charge on any atom is 0.219 e. The van der Waals surface area contributed by atoms with E-state index in [-0.39, 0.29) is 6.10 Å². The van der Waals surface area contributed by atoms with Gasteiger partial charge in [0, 0.05) is 25.4 Å². The number of rotatable bonds is 3. The number of piperidine rings is 1. The minimum atomic E-state index is 0.281. The van der Waals surface area contributed by atoms with E-state index in [9.17, 15) is 0 Å². The molecule has 5 nitrogen and oxygen atoms in total. The van der Waals surface area contributed by atoms with Gasteiger partial charge in [-0.3, -0.25) is 0 Å². The minimum absolute atomic E-state index is 0.281. The van der Waals surface area contributed by atoms with Gasteiger partial charge in [0.15, 0.2) is 0 Å². The first-order valence-electron chi connectivity index (χ1n) is 7.94. The van der Waals surface area contributed by atoms with Gasteiger partial charge in [-0.25, -0.2) is 0 Å². The van der Waals surface area contributed by atoms with Crippen molar-refractivity contribution >= 4 is 0 Å². The molecule has 5 heteroatoms. The maximum atomic E-state index is 6.04. The summed E-state index contributed by atoms with van der Waals surface area (Å²) in [5.74, 6) is 2.76. The fourth-order valence-electron chi connectivity index (χ4n) is 4.00. The van der Waals surface area contributed by atoms with E-state index in [1.807, 2.05) is 6.92 Å². The largest absolute Gasteiger partial charge is 0.425 e. The Morgan fingerprint density at radius 1 is 1.25 bits per heavy atom. The first-order valence-corrected chi connectivity index (χ1v) is 7.94. The number of hydrogen-bond donors (Lipinski definition) is 0. The molecule has 1 aliphatic carbocycles. The second-order valence-corrected chi connectivity index (χ2v) is 6.58. The Labute approximate surface area is 119 Å². The molecule has 1 aromatic heterocycles. The molecule has 0 amide bonds. The number of likely N-dealkylation sites (tertiary alicyclic amines) is 1. The Balaban J connectivity index is 1.37. The maximum absolute atomic E-state index is 6.04. The van der Waals surface area contributed by atoms with Crippen LogP contribution in [0, 0.1) is 18.8 Å². The first-order chi connectivity index (χ1) is 9.79. The molecule has 0 unspecified atom stereocenters. The molecule has 2 saturated heterocycles. The van der Waals surface area contributed by atoms with Gasteiger partial charge in [0.25, 0.3) is 0 Å². The van der Waals surface area contributed by atoms with Crippen LogP contribution >= 0.6 is 0 Å². The molecular weight excluding hydrogens is 254 g/mol. The standard InChI is InChI=1S/C15H23N3O2/c1-10-16-17-15(20-10)7-14-13-5-6-18(12-3-2-4-12)8-11(13)9-19-14/h11-14H,2-9H2,1H3/t11-,13-,14+/m1/s1. The van der Waals surface area contributed by atoms with Crippen LogP contribution in [0.25, 0.3) is 0 Å². The fraction of sp³-hybridized carbons (Fsp3) is 0.867. The lowest BCUT2D eigenvalue weighted by Crippen LogP contribution is -2.49. The van der Waals surface area contributed by atoms with Crippen LogP contribution in [0.2, 0.25) is 0 Å². The highest BCUT2D eigenvalue weighted by Gasteiger charge is 2.43. The van der Waals surface area contributed by atoms with Crippen molar-refractivity contribution < 1.29 is 9.15 Å². The van der Waals surface area contributed by atoms with Gasteiger partial charge in [-0.15, -0.1) is 10.2 Å². The van der Waals surface area contributed by atoms with Gasteiger partial charge in [-0.1, -0.05) is 6.42 Å². The Morgan fingerprint density at radius 3 is 2.85 bits per heavy atom. The van der Waals surface area contributed by atoms with E-state index in [0.29, 0.717) is 17.7 Å². The smallest absolute Gasteiger partial charge is 0.219 e. The zero-order valence-electron chi connectivity index (χ0n) is 12.1. The predicted molar refractivity (Wildman–Crippen MR) is 73.3 cm³/mol. The average Bonchev–Trinajstić information content (AvgIpc) is 2.95. The van der Waals surface area contributed by atoms with Crippen LogP contribution in [-0.4, -0.2) is 46.9 Å². The van der Waals surface area contributed by atoms with Crippen molar-refractivity contribution in [3.63, 3.8) is 0 Å². The van der Waals surface area contributed by atoms with E-state index in [4.69, 9.17) is 9.15 Å². The molecule has 0 spiro atoms. The number of aryl methyl sites for hydroxylation is 1. The molecule has 0 radical (unpaired) electrons. The SMILES string of the molecule is Cc1nnc(C[C@@H]2OC[C@H]3CN(C4CCC4)CC[C@H]32)o1. The molecular formula is C15H23N3O2. The highest BCUT2D eigenvalue weighted by atomic mass is 16.5. The number of nitrogens with zero attached hydrogens (tertiary/aromatic N) is 3. The molecule has 1 saturated carbocycles. The van der Waals surface area contributed by atoms with Crippen molar-refractivity contribution in [3.05, 3.63) is 11.8 Å². The summed E-state index contributed by atoms with van der Waals surface area (Å²) in [6, 6.07) is 0.869. The monoisotopic (exact) mass is 277 g/mol. The molecule has 20 heavy (non-hydrogen) atoms. The van der Waals surface area contributed by atoms with Gasteiger partial charge in [-0.2, -0.15) is 0 Å². The summed E-state index contributed by atoms with van der Waals surface area (Å²) in [6.45, 7) is 5.22. The zero-order chi connectivity index (χ0) is 13.5. The topological polar surface area (TPSA) is 51.4 Å². The van der Waals surface area contributed by atoms with E-state index in [2.05, 4.69) is 15.1 Å². The normalized spacial score (nSPS) is 35.0. The summed E-state index contributed by atoms with van der Waals surface area (Å²) in [4.78, 5) is 2.70. The van der Waals surface area contributed by atoms with Crippen molar-refractivity contribution in [1.29, 1.82) is 0 Å². The van der Waals surface area contributed by atoms with Gasteiger partial charge in [0.2, 0.25) is 11.8 Å². The number of ether oxygens (including phenoxy) is 1. The lowest BCUT2D eigenvalue weighted by Gasteiger charge is -2.43. The van der Waals surface area contributed by atoms with E-state index in [1.54, 1.807) is 0 Å². The third-order valence-corrected chi connectivity index (χ3v) is 5.36. The molecule has 4 rings (SSSR count). The highest BCUT2D eigenvalue weighted by Crippen LogP contribution is 2.38. The lowest BCUT2D eigenvalue weighted by atomic mass is 9.81. The number of hydrogen-bond acceptors (Lipinski definition) is 5. The minimum Gasteiger partial charge on any atom is -0.425 e. The molecule has 3 fully saturated rings. The molecule has 110 valence electrons. The number of aromatic nitrogens is 2. The Morgan fingerprint density at radius 2 is 2.15 bits per heavy atom. The van der Waals surface area contributed by atoms with Crippen LogP contribution < -0.4 is 0 Å². The van der Waals surface area contributed by atoms with Crippen molar-refractivity contribution in [1.82, 2.24) is 15.1 Å². The van der Waals surface area contributed by atoms with Crippen molar-refractivity contribution in [3.8, 4) is 0 Å². The van der Waals surface area contributed by atoms with Gasteiger partial charge >= 0.3 is 0 Å². The van der Waals surface area contributed by atoms with Gasteiger partial charge in [-0.05, 0) is 31.7 Å². The van der Waals surface area contributed by atoms with Gasteiger partial charge in [0.1, 0.15) is 0 Å². The Kier molecular flexibility index (Phi) is 3.27. The van der Waals surface area contributed by atoms with Crippen molar-refractivity contribution in [2.45, 2.75) is 51.2 Å². The number of fused-ring (bicyclic) bond motifs is 1. The van der Waals surface area contributed by atoms with Crippen LogP contribution in [0.4, 0.5) is 0 Å². The third kappa shape index (κ3) is 2.27. The first kappa shape index (κ1) is 12.8. The molecule has 3 aliphatic rings. The molecule has 3 atom stereocenters. The fourth-order valence-corrected chi connectivity index (χ4v) is 4.00. The van der Waals surface area contributed by atoms with Crippen LogP contribution in [0.5, 0.6) is 0 Å². The van der Waals surface area contributed by atoms with Crippen LogP contribution in [-0.2, 0) is 11.2 Å². The third-order valence-electron chi connectivity index (χ3n) is 5.36. The summed E-state index contributed by atoms with van der Waals surface area (Å²) in [6.07, 6.45) is 6.56. The Hall–Kier alpha value is -0.940. The zero-order valence-corrected chi connectivity index (χ0v) is 12.1. The summed E-state index contributed by atoms with van der Waals surface area (Å²) >= 11 is 0. The van der Waals surface area contributed by atoms with Crippen LogP contribution in [0.15, 0.2) is 4.42 Å². The molecule has 0 N–H and O–H groups in total. The summed E-state index contributed by atoms with van der Waals surface area (Å²) < 4.78 is 11.5. The summed E-state index contributed by atoms with van der Waals surface area (Å²) in [5.41, 5.74) is 0. The lowest BCUT2D eigenvalue weighted by molar-refractivity contribution is 0.0530. The highest BCUT2D eigenvalue weighted by molar-refractivity contribution is 4.96. The predicted octanol–water partition coefficient (Wildman–Crippen LogP) is 1.81. The van der Waals surface area contributed by atoms with Gasteiger partial charge in [0.05, 0.1) is 19.1 Å². The quantitative estimate of drug-likeness (QED) is 0.843. The van der Waals surface area contributed by atoms with Crippen molar-refractivity contribution in [2.24, 2.45) is 11.8 Å². The molecule has 2 aliphatic heterocycles. The van der Waals surface area contributed by atoms with Crippen molar-refractivity contribution in [2.75, 3.05) is 19.7 Å². The van der Waals surface area contributed by atoms with E-state index in [0.717, 1.165) is 25.0 Å². The Bertz CT molecular complexity index is 471. The summed E-state index contributed by atoms with van der Waals surface area (Å²) in [7, 11) is 0. The van der Waals surface area contributed by atoms with Gasteiger partial charge < -0.3 is 14.1 Å². The van der Waals surface area contributed by atoms with Crippen LogP contribution in [0.1, 0.15) is 37.5 Å². The van der Waals surface area contributed by atoms with E-state index >= 15 is 0 Å². The second kappa shape index (κ2) is 5.11. The molecule has 0 aromatic carbocycles. The van der Waals surface area contributed by atoms with Crippen LogP contribution in [0.3, 0.4) is 0 Å². The molecule has 0 bridgehead atoms. The molecule has 1 aromatic rings. The average molecular weight is 277 g/mol. The van der Waals surface area contributed by atoms with E-state index < -0.39 is 0 Å². The summed E-state index contributed by atoms with van der Waals surface area (Å²) in [5, 5.41) is 8.01. The molecule has 3 heterocycles. The second-order valence-electron chi connectivity index (χ2n) is 6.58.